The number of hydrogen-bond acceptors (Lipinski definition) is 3. The van der Waals surface area contributed by atoms with Crippen LogP contribution in [0.4, 0.5) is 5.82 Å². The molecule has 0 aliphatic heterocycles. The molecule has 2 atom stereocenters. The van der Waals surface area contributed by atoms with E-state index in [1.165, 1.54) is 19.3 Å². The fourth-order valence-electron chi connectivity index (χ4n) is 2.53. The minimum atomic E-state index is 0.319. The number of aromatic nitrogens is 2. The Kier molecular flexibility index (Phi) is 4.81. The van der Waals surface area contributed by atoms with Crippen LogP contribution in [0.3, 0.4) is 0 Å². The van der Waals surface area contributed by atoms with Gasteiger partial charge in [-0.2, -0.15) is 0 Å². The lowest BCUT2D eigenvalue weighted by Gasteiger charge is -2.27. The van der Waals surface area contributed by atoms with E-state index in [0.717, 1.165) is 36.7 Å². The molecule has 0 bridgehead atoms. The molecule has 1 saturated carbocycles. The van der Waals surface area contributed by atoms with Crippen LogP contribution < -0.4 is 5.32 Å². The first-order valence-electron chi connectivity index (χ1n) is 6.91. The molecule has 1 fully saturated rings. The van der Waals surface area contributed by atoms with Crippen LogP contribution in [0.25, 0.3) is 0 Å². The summed E-state index contributed by atoms with van der Waals surface area (Å²) in [5, 5.41) is 3.74. The number of alkyl halides is 1. The Morgan fingerprint density at radius 3 is 2.83 bits per heavy atom. The van der Waals surface area contributed by atoms with Crippen LogP contribution in [0, 0.1) is 12.8 Å². The van der Waals surface area contributed by atoms with Gasteiger partial charge in [-0.15, -0.1) is 11.6 Å². The predicted molar refractivity (Wildman–Crippen MR) is 76.2 cm³/mol. The van der Waals surface area contributed by atoms with Gasteiger partial charge in [0.05, 0.1) is 0 Å². The first-order chi connectivity index (χ1) is 8.69. The molecule has 1 heterocycles. The van der Waals surface area contributed by atoms with Gasteiger partial charge in [-0.1, -0.05) is 19.8 Å². The predicted octanol–water partition coefficient (Wildman–Crippen LogP) is 3.56. The molecule has 1 aromatic rings. The Hall–Kier alpha value is -0.830. The molecule has 100 valence electrons. The Balaban J connectivity index is 1.94. The highest BCUT2D eigenvalue weighted by molar-refractivity contribution is 6.20. The second-order valence-corrected chi connectivity index (χ2v) is 5.65. The van der Waals surface area contributed by atoms with Gasteiger partial charge in [-0.25, -0.2) is 9.97 Å². The minimum absolute atomic E-state index is 0.319. The molecule has 0 radical (unpaired) electrons. The van der Waals surface area contributed by atoms with Crippen molar-refractivity contribution in [1.29, 1.82) is 0 Å². The molecule has 1 aromatic heterocycles. The van der Waals surface area contributed by atoms with E-state index in [1.807, 2.05) is 13.0 Å². The van der Waals surface area contributed by atoms with Gasteiger partial charge in [0.15, 0.2) is 0 Å². The lowest BCUT2D eigenvalue weighted by molar-refractivity contribution is 0.380. The van der Waals surface area contributed by atoms with Gasteiger partial charge in [0.1, 0.15) is 11.6 Å². The molecule has 1 aliphatic rings. The van der Waals surface area contributed by atoms with Crippen molar-refractivity contribution >= 4 is 17.4 Å². The van der Waals surface area contributed by atoms with Crippen LogP contribution >= 0.6 is 11.6 Å². The number of aryl methyl sites for hydroxylation is 2. The minimum Gasteiger partial charge on any atom is -0.370 e. The van der Waals surface area contributed by atoms with Gasteiger partial charge in [-0.3, -0.25) is 0 Å². The molecular weight excluding hydrogens is 246 g/mol. The van der Waals surface area contributed by atoms with E-state index in [9.17, 15) is 0 Å². The monoisotopic (exact) mass is 267 g/mol. The smallest absolute Gasteiger partial charge is 0.129 e. The average molecular weight is 268 g/mol. The first kappa shape index (κ1) is 13.6. The molecule has 0 saturated heterocycles. The van der Waals surface area contributed by atoms with Gasteiger partial charge in [0, 0.05) is 23.7 Å². The van der Waals surface area contributed by atoms with Crippen molar-refractivity contribution in [3.8, 4) is 0 Å². The Labute approximate surface area is 114 Å². The third kappa shape index (κ3) is 3.58. The average Bonchev–Trinajstić information content (AvgIpc) is 2.37. The van der Waals surface area contributed by atoms with Gasteiger partial charge in [0.25, 0.3) is 0 Å². The standard InChI is InChI=1S/C14H22ClN3/c1-3-12-8-14(18-10(2)17-12)16-9-11-6-4-5-7-13(11)15/h8,11,13H,3-7,9H2,1-2H3,(H,16,17,18). The summed E-state index contributed by atoms with van der Waals surface area (Å²) in [6, 6.07) is 2.04. The number of hydrogen-bond donors (Lipinski definition) is 1. The lowest BCUT2D eigenvalue weighted by Crippen LogP contribution is -2.27. The fourth-order valence-corrected chi connectivity index (χ4v) is 2.90. The van der Waals surface area contributed by atoms with Crippen LogP contribution in [0.5, 0.6) is 0 Å². The molecule has 2 rings (SSSR count). The third-order valence-corrected chi connectivity index (χ3v) is 4.19. The maximum absolute atomic E-state index is 6.37. The summed E-state index contributed by atoms with van der Waals surface area (Å²) < 4.78 is 0. The SMILES string of the molecule is CCc1cc(NCC2CCCCC2Cl)nc(C)n1. The van der Waals surface area contributed by atoms with Crippen molar-refractivity contribution in [2.75, 3.05) is 11.9 Å². The van der Waals surface area contributed by atoms with Crippen LogP contribution in [0.2, 0.25) is 0 Å². The third-order valence-electron chi connectivity index (χ3n) is 3.61. The number of halogens is 1. The van der Waals surface area contributed by atoms with E-state index in [-0.39, 0.29) is 0 Å². The molecule has 1 aliphatic carbocycles. The van der Waals surface area contributed by atoms with E-state index in [4.69, 9.17) is 11.6 Å². The molecule has 4 heteroatoms. The lowest BCUT2D eigenvalue weighted by atomic mass is 9.89. The number of nitrogens with one attached hydrogen (secondary N) is 1. The van der Waals surface area contributed by atoms with Crippen molar-refractivity contribution in [1.82, 2.24) is 9.97 Å². The molecule has 0 spiro atoms. The van der Waals surface area contributed by atoms with Crippen molar-refractivity contribution in [2.24, 2.45) is 5.92 Å². The highest BCUT2D eigenvalue weighted by Crippen LogP contribution is 2.28. The Morgan fingerprint density at radius 1 is 1.33 bits per heavy atom. The fraction of sp³-hybridized carbons (Fsp3) is 0.714. The van der Waals surface area contributed by atoms with E-state index in [1.54, 1.807) is 0 Å². The largest absolute Gasteiger partial charge is 0.370 e. The zero-order chi connectivity index (χ0) is 13.0. The number of anilines is 1. The second-order valence-electron chi connectivity index (χ2n) is 5.09. The molecule has 3 nitrogen and oxygen atoms in total. The molecular formula is C14H22ClN3. The number of nitrogens with zero attached hydrogens (tertiary/aromatic N) is 2. The summed E-state index contributed by atoms with van der Waals surface area (Å²) in [7, 11) is 0. The summed E-state index contributed by atoms with van der Waals surface area (Å²) >= 11 is 6.37. The Morgan fingerprint density at radius 2 is 2.11 bits per heavy atom. The van der Waals surface area contributed by atoms with E-state index in [2.05, 4.69) is 22.2 Å². The van der Waals surface area contributed by atoms with Crippen molar-refractivity contribution in [3.63, 3.8) is 0 Å². The summed E-state index contributed by atoms with van der Waals surface area (Å²) in [6.45, 7) is 4.98. The highest BCUT2D eigenvalue weighted by Gasteiger charge is 2.22. The van der Waals surface area contributed by atoms with Crippen LogP contribution in [-0.2, 0) is 6.42 Å². The molecule has 2 unspecified atom stereocenters. The van der Waals surface area contributed by atoms with Crippen molar-refractivity contribution in [3.05, 3.63) is 17.6 Å². The zero-order valence-electron chi connectivity index (χ0n) is 11.2. The quantitative estimate of drug-likeness (QED) is 0.848. The van der Waals surface area contributed by atoms with Crippen molar-refractivity contribution < 1.29 is 0 Å². The molecule has 0 amide bonds. The van der Waals surface area contributed by atoms with Crippen LogP contribution in [0.1, 0.15) is 44.1 Å². The zero-order valence-corrected chi connectivity index (χ0v) is 12.0. The summed E-state index contributed by atoms with van der Waals surface area (Å²) in [5.74, 6) is 2.34. The molecule has 1 N–H and O–H groups in total. The Bertz CT molecular complexity index is 395. The maximum Gasteiger partial charge on any atom is 0.129 e. The summed E-state index contributed by atoms with van der Waals surface area (Å²) in [6.07, 6.45) is 5.90. The van der Waals surface area contributed by atoms with Gasteiger partial charge < -0.3 is 5.32 Å². The van der Waals surface area contributed by atoms with Crippen molar-refractivity contribution in [2.45, 2.75) is 51.3 Å². The maximum atomic E-state index is 6.37. The number of rotatable bonds is 4. The molecule has 0 aromatic carbocycles. The van der Waals surface area contributed by atoms with Gasteiger partial charge >= 0.3 is 0 Å². The van der Waals surface area contributed by atoms with Gasteiger partial charge in [-0.05, 0) is 32.1 Å². The summed E-state index contributed by atoms with van der Waals surface area (Å²) in [5.41, 5.74) is 1.09. The van der Waals surface area contributed by atoms with Crippen LogP contribution in [-0.4, -0.2) is 21.9 Å². The highest BCUT2D eigenvalue weighted by atomic mass is 35.5. The van der Waals surface area contributed by atoms with Crippen LogP contribution in [0.15, 0.2) is 6.07 Å². The van der Waals surface area contributed by atoms with E-state index in [0.29, 0.717) is 11.3 Å². The van der Waals surface area contributed by atoms with E-state index >= 15 is 0 Å². The molecule has 18 heavy (non-hydrogen) atoms. The first-order valence-corrected chi connectivity index (χ1v) is 7.35. The topological polar surface area (TPSA) is 37.8 Å². The van der Waals surface area contributed by atoms with E-state index < -0.39 is 0 Å². The van der Waals surface area contributed by atoms with Gasteiger partial charge in [0.2, 0.25) is 0 Å². The summed E-state index contributed by atoms with van der Waals surface area (Å²) in [4.78, 5) is 8.81. The normalized spacial score (nSPS) is 23.9. The second kappa shape index (κ2) is 6.37.